The average Bonchev–Trinajstić information content (AvgIpc) is 3.10. The number of hydrogen-bond donors (Lipinski definition) is 2. The highest BCUT2D eigenvalue weighted by Crippen LogP contribution is 2.22. The van der Waals surface area contributed by atoms with Crippen LogP contribution in [0, 0.1) is 0 Å². The number of carbonyl (C=O) groups is 1. The number of carbonyl (C=O) groups excluding carboxylic acids is 1. The maximum atomic E-state index is 12.6. The Balaban J connectivity index is 1.87. The summed E-state index contributed by atoms with van der Waals surface area (Å²) in [7, 11) is 0. The molecule has 20 heavy (non-hydrogen) atoms. The molecule has 3 heteroatoms. The van der Waals surface area contributed by atoms with E-state index in [1.54, 1.807) is 6.20 Å². The van der Waals surface area contributed by atoms with Crippen LogP contribution < -0.4 is 0 Å². The average molecular weight is 260 g/mol. The Labute approximate surface area is 115 Å². The third-order valence-electron chi connectivity index (χ3n) is 3.61. The van der Waals surface area contributed by atoms with E-state index in [4.69, 9.17) is 0 Å². The van der Waals surface area contributed by atoms with Crippen LogP contribution in [-0.4, -0.2) is 15.8 Å². The van der Waals surface area contributed by atoms with Gasteiger partial charge in [0.25, 0.3) is 0 Å². The molecular weight excluding hydrogens is 248 g/mol. The van der Waals surface area contributed by atoms with Gasteiger partial charge < -0.3 is 9.97 Å². The fraction of sp³-hybridized carbons (Fsp3) is 0. The van der Waals surface area contributed by atoms with Gasteiger partial charge in [-0.2, -0.15) is 0 Å². The number of nitrogens with one attached hydrogen (secondary N) is 2. The molecule has 0 saturated heterocycles. The Morgan fingerprint density at radius 3 is 2.50 bits per heavy atom. The second-order valence-electron chi connectivity index (χ2n) is 4.85. The van der Waals surface area contributed by atoms with Gasteiger partial charge in [0.15, 0.2) is 0 Å². The van der Waals surface area contributed by atoms with Crippen molar-refractivity contribution in [2.24, 2.45) is 0 Å². The highest BCUT2D eigenvalue weighted by atomic mass is 16.1. The molecule has 0 spiro atoms. The predicted octanol–water partition coefficient (Wildman–Crippen LogP) is 3.88. The summed E-state index contributed by atoms with van der Waals surface area (Å²) in [5.41, 5.74) is 3.28. The second-order valence-corrected chi connectivity index (χ2v) is 4.85. The molecule has 0 radical (unpaired) electrons. The molecule has 0 bridgehead atoms. The summed E-state index contributed by atoms with van der Waals surface area (Å²) in [6.45, 7) is 0. The number of hydrogen-bond acceptors (Lipinski definition) is 1. The molecule has 2 aromatic heterocycles. The zero-order chi connectivity index (χ0) is 13.5. The van der Waals surface area contributed by atoms with Crippen LogP contribution in [-0.2, 0) is 0 Å². The topological polar surface area (TPSA) is 48.6 Å². The quantitative estimate of drug-likeness (QED) is 0.528. The molecule has 96 valence electrons. The van der Waals surface area contributed by atoms with E-state index >= 15 is 0 Å². The fourth-order valence-corrected chi connectivity index (χ4v) is 2.60. The summed E-state index contributed by atoms with van der Waals surface area (Å²) in [6, 6.07) is 17.6. The largest absolute Gasteiger partial charge is 0.360 e. The van der Waals surface area contributed by atoms with E-state index in [9.17, 15) is 4.79 Å². The van der Waals surface area contributed by atoms with Gasteiger partial charge in [-0.05, 0) is 18.2 Å². The zero-order valence-electron chi connectivity index (χ0n) is 10.7. The lowest BCUT2D eigenvalue weighted by molar-refractivity contribution is 0.103. The molecule has 0 saturated carbocycles. The van der Waals surface area contributed by atoms with Crippen LogP contribution in [0.15, 0.2) is 60.8 Å². The van der Waals surface area contributed by atoms with E-state index in [2.05, 4.69) is 9.97 Å². The molecular formula is C17H12N2O. The molecule has 2 N–H and O–H groups in total. The van der Waals surface area contributed by atoms with Crippen LogP contribution in [0.1, 0.15) is 16.1 Å². The summed E-state index contributed by atoms with van der Waals surface area (Å²) in [5, 5.41) is 2.01. The Bertz CT molecular complexity index is 897. The van der Waals surface area contributed by atoms with Crippen LogP contribution in [0.5, 0.6) is 0 Å². The lowest BCUT2D eigenvalue weighted by Gasteiger charge is -1.96. The van der Waals surface area contributed by atoms with Crippen molar-refractivity contribution < 1.29 is 4.79 Å². The summed E-state index contributed by atoms with van der Waals surface area (Å²) in [6.07, 6.45) is 1.78. The minimum absolute atomic E-state index is 0.0126. The van der Waals surface area contributed by atoms with Gasteiger partial charge in [-0.1, -0.05) is 36.4 Å². The molecule has 2 heterocycles. The molecule has 0 amide bonds. The van der Waals surface area contributed by atoms with E-state index in [1.165, 1.54) is 0 Å². The van der Waals surface area contributed by atoms with Crippen LogP contribution in [0.2, 0.25) is 0 Å². The molecule has 0 atom stereocenters. The molecule has 2 aromatic carbocycles. The van der Waals surface area contributed by atoms with Gasteiger partial charge in [-0.3, -0.25) is 4.79 Å². The molecule has 4 rings (SSSR count). The first-order valence-electron chi connectivity index (χ1n) is 6.51. The van der Waals surface area contributed by atoms with Crippen LogP contribution >= 0.6 is 0 Å². The minimum Gasteiger partial charge on any atom is -0.360 e. The number of ketones is 1. The number of aromatic amines is 2. The first-order valence-corrected chi connectivity index (χ1v) is 6.51. The van der Waals surface area contributed by atoms with Gasteiger partial charge in [0.05, 0.1) is 5.69 Å². The molecule has 0 fully saturated rings. The van der Waals surface area contributed by atoms with Gasteiger partial charge >= 0.3 is 0 Å². The Morgan fingerprint density at radius 1 is 0.900 bits per heavy atom. The minimum atomic E-state index is 0.0126. The van der Waals surface area contributed by atoms with E-state index in [0.29, 0.717) is 11.3 Å². The number of rotatable bonds is 2. The third-order valence-corrected chi connectivity index (χ3v) is 3.61. The van der Waals surface area contributed by atoms with E-state index < -0.39 is 0 Å². The monoisotopic (exact) mass is 260 g/mol. The van der Waals surface area contributed by atoms with Crippen molar-refractivity contribution in [2.45, 2.75) is 0 Å². The van der Waals surface area contributed by atoms with Gasteiger partial charge in [0.1, 0.15) is 0 Å². The van der Waals surface area contributed by atoms with E-state index in [0.717, 1.165) is 21.8 Å². The molecule has 3 nitrogen and oxygen atoms in total. The molecule has 0 unspecified atom stereocenters. The van der Waals surface area contributed by atoms with Crippen LogP contribution in [0.4, 0.5) is 0 Å². The highest BCUT2D eigenvalue weighted by Gasteiger charge is 2.15. The zero-order valence-corrected chi connectivity index (χ0v) is 10.7. The van der Waals surface area contributed by atoms with E-state index in [1.807, 2.05) is 54.6 Å². The normalized spacial score (nSPS) is 11.2. The van der Waals surface area contributed by atoms with Crippen molar-refractivity contribution in [3.05, 3.63) is 72.1 Å². The predicted molar refractivity (Wildman–Crippen MR) is 80.0 cm³/mol. The Morgan fingerprint density at radius 2 is 1.65 bits per heavy atom. The lowest BCUT2D eigenvalue weighted by Crippen LogP contribution is -2.00. The maximum absolute atomic E-state index is 12.6. The molecule has 0 aliphatic carbocycles. The van der Waals surface area contributed by atoms with Crippen molar-refractivity contribution in [1.29, 1.82) is 0 Å². The van der Waals surface area contributed by atoms with Crippen molar-refractivity contribution in [3.63, 3.8) is 0 Å². The molecule has 0 aliphatic rings. The van der Waals surface area contributed by atoms with Crippen molar-refractivity contribution in [1.82, 2.24) is 9.97 Å². The SMILES string of the molecule is O=C(c1cc2ccccc2[nH]1)c1c[nH]c2ccccc12. The van der Waals surface area contributed by atoms with Crippen molar-refractivity contribution in [3.8, 4) is 0 Å². The smallest absolute Gasteiger partial charge is 0.211 e. The van der Waals surface area contributed by atoms with Gasteiger partial charge in [0.2, 0.25) is 5.78 Å². The van der Waals surface area contributed by atoms with Gasteiger partial charge in [-0.15, -0.1) is 0 Å². The second kappa shape index (κ2) is 4.10. The summed E-state index contributed by atoms with van der Waals surface area (Å²) < 4.78 is 0. The summed E-state index contributed by atoms with van der Waals surface area (Å²) in [4.78, 5) is 19.0. The summed E-state index contributed by atoms with van der Waals surface area (Å²) >= 11 is 0. The van der Waals surface area contributed by atoms with Gasteiger partial charge in [-0.25, -0.2) is 0 Å². The number of para-hydroxylation sites is 2. The lowest BCUT2D eigenvalue weighted by atomic mass is 10.1. The Kier molecular flexibility index (Phi) is 2.27. The maximum Gasteiger partial charge on any atom is 0.211 e. The standard InChI is InChI=1S/C17H12N2O/c20-17(13-10-18-15-8-4-2-6-12(13)15)16-9-11-5-1-3-7-14(11)19-16/h1-10,18-19H. The van der Waals surface area contributed by atoms with Crippen molar-refractivity contribution in [2.75, 3.05) is 0 Å². The highest BCUT2D eigenvalue weighted by molar-refractivity contribution is 6.16. The molecule has 4 aromatic rings. The first-order chi connectivity index (χ1) is 9.83. The third kappa shape index (κ3) is 1.57. The number of aromatic nitrogens is 2. The number of H-pyrrole nitrogens is 2. The van der Waals surface area contributed by atoms with E-state index in [-0.39, 0.29) is 5.78 Å². The fourth-order valence-electron chi connectivity index (χ4n) is 2.60. The van der Waals surface area contributed by atoms with Gasteiger partial charge in [0, 0.05) is 33.6 Å². The van der Waals surface area contributed by atoms with Crippen molar-refractivity contribution >= 4 is 27.6 Å². The number of benzene rings is 2. The van der Waals surface area contributed by atoms with Crippen LogP contribution in [0.3, 0.4) is 0 Å². The Hall–Kier alpha value is -2.81. The summed E-state index contributed by atoms with van der Waals surface area (Å²) in [5.74, 6) is 0.0126. The first kappa shape index (κ1) is 11.1. The van der Waals surface area contributed by atoms with Crippen LogP contribution in [0.25, 0.3) is 21.8 Å². The molecule has 0 aliphatic heterocycles. The number of fused-ring (bicyclic) bond motifs is 2.